The summed E-state index contributed by atoms with van der Waals surface area (Å²) < 4.78 is 39.5. The number of esters is 1. The van der Waals surface area contributed by atoms with Crippen molar-refractivity contribution in [1.82, 2.24) is 0 Å². The fraction of sp³-hybridized carbons (Fsp3) is 0.571. The summed E-state index contributed by atoms with van der Waals surface area (Å²) >= 11 is 0. The van der Waals surface area contributed by atoms with E-state index >= 15 is 0 Å². The van der Waals surface area contributed by atoms with Crippen LogP contribution in [0.15, 0.2) is 12.2 Å². The van der Waals surface area contributed by atoms with Crippen molar-refractivity contribution in [3.05, 3.63) is 12.2 Å². The average Bonchev–Trinajstić information content (AvgIpc) is 1.96. The lowest BCUT2D eigenvalue weighted by Crippen LogP contribution is -2.36. The number of carbonyl (C=O) groups excluding carboxylic acids is 1. The van der Waals surface area contributed by atoms with Crippen molar-refractivity contribution in [2.45, 2.75) is 19.2 Å². The number of ether oxygens (including phenoxy) is 1. The van der Waals surface area contributed by atoms with Gasteiger partial charge in [0.2, 0.25) is 6.10 Å². The highest BCUT2D eigenvalue weighted by atomic mass is 19.4. The third-order valence-electron chi connectivity index (χ3n) is 1.13. The van der Waals surface area contributed by atoms with Crippen LogP contribution >= 0.6 is 0 Å². The molecule has 0 aromatic rings. The summed E-state index contributed by atoms with van der Waals surface area (Å²) in [5.74, 6) is -1.17. The molecular weight excluding hydrogens is 189 g/mol. The minimum atomic E-state index is -4.75. The molecule has 76 valence electrons. The maximum atomic E-state index is 11.9. The van der Waals surface area contributed by atoms with E-state index < -0.39 is 24.9 Å². The molecule has 0 aliphatic heterocycles. The standard InChI is InChI=1S/C7H9F3O3/c1-4(2)6(12)13-5(3-11)7(8,9)10/h5,11H,1,3H2,2H3. The summed E-state index contributed by atoms with van der Waals surface area (Å²) in [6, 6.07) is 0. The topological polar surface area (TPSA) is 46.5 Å². The number of alkyl halides is 3. The van der Waals surface area contributed by atoms with Crippen molar-refractivity contribution >= 4 is 5.97 Å². The summed E-state index contributed by atoms with van der Waals surface area (Å²) in [7, 11) is 0. The number of rotatable bonds is 3. The predicted octanol–water partition coefficient (Wildman–Crippen LogP) is 1.03. The van der Waals surface area contributed by atoms with Crippen LogP contribution in [0.2, 0.25) is 0 Å². The number of aliphatic hydroxyl groups excluding tert-OH is 1. The first-order chi connectivity index (χ1) is 5.79. The maximum absolute atomic E-state index is 11.9. The number of hydrogen-bond acceptors (Lipinski definition) is 3. The predicted molar refractivity (Wildman–Crippen MR) is 37.8 cm³/mol. The number of halogens is 3. The molecule has 0 saturated carbocycles. The second-order valence-corrected chi connectivity index (χ2v) is 2.40. The summed E-state index contributed by atoms with van der Waals surface area (Å²) in [6.45, 7) is 3.03. The number of carbonyl (C=O) groups is 1. The third kappa shape index (κ3) is 3.93. The molecule has 0 aromatic heterocycles. The van der Waals surface area contributed by atoms with Gasteiger partial charge >= 0.3 is 12.1 Å². The van der Waals surface area contributed by atoms with E-state index in [1.165, 1.54) is 6.92 Å². The number of aliphatic hydroxyl groups is 1. The summed E-state index contributed by atoms with van der Waals surface area (Å²) in [6.07, 6.45) is -7.23. The van der Waals surface area contributed by atoms with Gasteiger partial charge in [0, 0.05) is 5.57 Å². The van der Waals surface area contributed by atoms with Crippen LogP contribution in [-0.2, 0) is 9.53 Å². The van der Waals surface area contributed by atoms with E-state index in [1.807, 2.05) is 0 Å². The SMILES string of the molecule is C=C(C)C(=O)OC(CO)C(F)(F)F. The third-order valence-corrected chi connectivity index (χ3v) is 1.13. The minimum absolute atomic E-state index is 0.150. The molecule has 0 heterocycles. The second kappa shape index (κ2) is 4.27. The number of hydrogen-bond donors (Lipinski definition) is 1. The largest absolute Gasteiger partial charge is 0.447 e. The van der Waals surface area contributed by atoms with Gasteiger partial charge in [-0.2, -0.15) is 13.2 Å². The van der Waals surface area contributed by atoms with Crippen molar-refractivity contribution in [2.24, 2.45) is 0 Å². The lowest BCUT2D eigenvalue weighted by Gasteiger charge is -2.18. The van der Waals surface area contributed by atoms with E-state index in [2.05, 4.69) is 11.3 Å². The minimum Gasteiger partial charge on any atom is -0.447 e. The molecule has 1 N–H and O–H groups in total. The van der Waals surface area contributed by atoms with Gasteiger partial charge in [-0.1, -0.05) is 6.58 Å². The molecular formula is C7H9F3O3. The van der Waals surface area contributed by atoms with Crippen molar-refractivity contribution in [1.29, 1.82) is 0 Å². The molecule has 0 aliphatic rings. The Hall–Kier alpha value is -1.04. The van der Waals surface area contributed by atoms with Gasteiger partial charge in [0.25, 0.3) is 0 Å². The quantitative estimate of drug-likeness (QED) is 0.544. The van der Waals surface area contributed by atoms with Crippen molar-refractivity contribution in [2.75, 3.05) is 6.61 Å². The first-order valence-electron chi connectivity index (χ1n) is 3.33. The fourth-order valence-corrected chi connectivity index (χ4v) is 0.437. The van der Waals surface area contributed by atoms with Crippen LogP contribution in [0.25, 0.3) is 0 Å². The molecule has 13 heavy (non-hydrogen) atoms. The molecule has 3 nitrogen and oxygen atoms in total. The normalized spacial score (nSPS) is 13.6. The first-order valence-corrected chi connectivity index (χ1v) is 3.33. The van der Waals surface area contributed by atoms with Gasteiger partial charge in [0.15, 0.2) is 0 Å². The lowest BCUT2D eigenvalue weighted by molar-refractivity contribution is -0.226. The van der Waals surface area contributed by atoms with Crippen LogP contribution in [0.3, 0.4) is 0 Å². The van der Waals surface area contributed by atoms with Crippen LogP contribution in [0, 0.1) is 0 Å². The van der Waals surface area contributed by atoms with Crippen molar-refractivity contribution in [3.8, 4) is 0 Å². The summed E-state index contributed by atoms with van der Waals surface area (Å²) in [4.78, 5) is 10.6. The lowest BCUT2D eigenvalue weighted by atomic mass is 10.3. The van der Waals surface area contributed by atoms with E-state index in [9.17, 15) is 18.0 Å². The highest BCUT2D eigenvalue weighted by Gasteiger charge is 2.42. The van der Waals surface area contributed by atoms with E-state index in [4.69, 9.17) is 5.11 Å². The molecule has 0 saturated heterocycles. The zero-order valence-corrected chi connectivity index (χ0v) is 6.89. The molecule has 0 amide bonds. The smallest absolute Gasteiger partial charge is 0.427 e. The second-order valence-electron chi connectivity index (χ2n) is 2.40. The zero-order valence-electron chi connectivity index (χ0n) is 6.89. The summed E-state index contributed by atoms with van der Waals surface area (Å²) in [5, 5.41) is 8.27. The fourth-order valence-electron chi connectivity index (χ4n) is 0.437. The monoisotopic (exact) mass is 198 g/mol. The Morgan fingerprint density at radius 1 is 1.62 bits per heavy atom. The molecule has 6 heteroatoms. The molecule has 0 rings (SSSR count). The molecule has 0 fully saturated rings. The Bertz CT molecular complexity index is 210. The van der Waals surface area contributed by atoms with E-state index in [1.54, 1.807) is 0 Å². The van der Waals surface area contributed by atoms with Gasteiger partial charge in [0.05, 0.1) is 6.61 Å². The van der Waals surface area contributed by atoms with Crippen LogP contribution in [-0.4, -0.2) is 30.0 Å². The highest BCUT2D eigenvalue weighted by Crippen LogP contribution is 2.23. The Kier molecular flexibility index (Phi) is 3.93. The van der Waals surface area contributed by atoms with Gasteiger partial charge < -0.3 is 9.84 Å². The molecule has 1 unspecified atom stereocenters. The Morgan fingerprint density at radius 2 is 2.08 bits per heavy atom. The van der Waals surface area contributed by atoms with Crippen molar-refractivity contribution in [3.63, 3.8) is 0 Å². The molecule has 0 aliphatic carbocycles. The molecule has 1 atom stereocenters. The van der Waals surface area contributed by atoms with Crippen molar-refractivity contribution < 1.29 is 27.8 Å². The van der Waals surface area contributed by atoms with E-state index in [-0.39, 0.29) is 5.57 Å². The van der Waals surface area contributed by atoms with Gasteiger partial charge in [-0.3, -0.25) is 0 Å². The van der Waals surface area contributed by atoms with Gasteiger partial charge in [-0.15, -0.1) is 0 Å². The van der Waals surface area contributed by atoms with Gasteiger partial charge in [-0.25, -0.2) is 4.79 Å². The van der Waals surface area contributed by atoms with Gasteiger partial charge in [0.1, 0.15) is 0 Å². The Balaban J connectivity index is 4.31. The van der Waals surface area contributed by atoms with Crippen LogP contribution < -0.4 is 0 Å². The van der Waals surface area contributed by atoms with E-state index in [0.29, 0.717) is 0 Å². The summed E-state index contributed by atoms with van der Waals surface area (Å²) in [5.41, 5.74) is -0.150. The van der Waals surface area contributed by atoms with Crippen LogP contribution in [0.5, 0.6) is 0 Å². The zero-order chi connectivity index (χ0) is 10.6. The van der Waals surface area contributed by atoms with E-state index in [0.717, 1.165) is 0 Å². The first kappa shape index (κ1) is 12.0. The molecule has 0 aromatic carbocycles. The molecule has 0 spiro atoms. The average molecular weight is 198 g/mol. The van der Waals surface area contributed by atoms with Crippen LogP contribution in [0.1, 0.15) is 6.92 Å². The molecule has 0 bridgehead atoms. The van der Waals surface area contributed by atoms with Crippen LogP contribution in [0.4, 0.5) is 13.2 Å². The Labute approximate surface area is 72.8 Å². The highest BCUT2D eigenvalue weighted by molar-refractivity contribution is 5.87. The Morgan fingerprint density at radius 3 is 2.31 bits per heavy atom. The van der Waals surface area contributed by atoms with Gasteiger partial charge in [-0.05, 0) is 6.92 Å². The maximum Gasteiger partial charge on any atom is 0.427 e. The molecule has 0 radical (unpaired) electrons.